The second kappa shape index (κ2) is 4.25. The van der Waals surface area contributed by atoms with Gasteiger partial charge >= 0.3 is 4.87 Å². The van der Waals surface area contributed by atoms with Crippen molar-refractivity contribution in [3.63, 3.8) is 0 Å². The van der Waals surface area contributed by atoms with Crippen molar-refractivity contribution in [3.8, 4) is 0 Å². The molecule has 1 atom stereocenters. The molecule has 1 aliphatic heterocycles. The third-order valence-corrected chi connectivity index (χ3v) is 3.08. The lowest BCUT2D eigenvalue weighted by molar-refractivity contribution is -0.0277. The van der Waals surface area contributed by atoms with E-state index in [1.165, 1.54) is 11.3 Å². The number of hydrogen-bond donors (Lipinski definition) is 0. The Morgan fingerprint density at radius 3 is 3.21 bits per heavy atom. The monoisotopic (exact) mass is 214 g/mol. The fourth-order valence-electron chi connectivity index (χ4n) is 1.62. The number of morpholine rings is 1. The molecule has 1 saturated heterocycles. The zero-order valence-electron chi connectivity index (χ0n) is 8.18. The molecule has 0 radical (unpaired) electrons. The lowest BCUT2D eigenvalue weighted by Crippen LogP contribution is -2.42. The van der Waals surface area contributed by atoms with Gasteiger partial charge in [-0.2, -0.15) is 0 Å². The Hall–Kier alpha value is -0.650. The summed E-state index contributed by atoms with van der Waals surface area (Å²) in [5.74, 6) is 0. The number of rotatable bonds is 2. The average molecular weight is 214 g/mol. The summed E-state index contributed by atoms with van der Waals surface area (Å²) < 4.78 is 7.30. The van der Waals surface area contributed by atoms with Crippen molar-refractivity contribution < 1.29 is 4.74 Å². The van der Waals surface area contributed by atoms with E-state index in [0.717, 1.165) is 19.7 Å². The summed E-state index contributed by atoms with van der Waals surface area (Å²) in [5.41, 5.74) is 0. The minimum Gasteiger partial charge on any atom is -0.374 e. The molecule has 1 aromatic heterocycles. The Labute approximate surface area is 86.7 Å². The first-order valence-corrected chi connectivity index (χ1v) is 5.58. The molecule has 0 amide bonds. The van der Waals surface area contributed by atoms with Crippen LogP contribution in [-0.2, 0) is 11.3 Å². The minimum absolute atomic E-state index is 0.0989. The number of ether oxygens (including phenoxy) is 1. The lowest BCUT2D eigenvalue weighted by atomic mass is 10.3. The molecule has 1 unspecified atom stereocenters. The van der Waals surface area contributed by atoms with Gasteiger partial charge in [0.25, 0.3) is 0 Å². The number of likely N-dealkylation sites (N-methyl/N-ethyl adjacent to an activating group) is 1. The predicted molar refractivity (Wildman–Crippen MR) is 55.8 cm³/mol. The third kappa shape index (κ3) is 2.23. The first-order valence-electron chi connectivity index (χ1n) is 4.70. The van der Waals surface area contributed by atoms with E-state index in [2.05, 4.69) is 11.9 Å². The summed E-state index contributed by atoms with van der Waals surface area (Å²) in [5, 5.41) is 1.81. The number of thiazole rings is 1. The molecule has 1 aromatic rings. The Morgan fingerprint density at radius 1 is 1.71 bits per heavy atom. The highest BCUT2D eigenvalue weighted by Gasteiger charge is 2.18. The van der Waals surface area contributed by atoms with Gasteiger partial charge in [-0.05, 0) is 7.05 Å². The van der Waals surface area contributed by atoms with E-state index in [0.29, 0.717) is 6.54 Å². The fourth-order valence-corrected chi connectivity index (χ4v) is 2.22. The predicted octanol–water partition coefficient (Wildman–Crippen LogP) is 0.240. The Kier molecular flexibility index (Phi) is 3.00. The van der Waals surface area contributed by atoms with Gasteiger partial charge < -0.3 is 14.2 Å². The molecule has 2 rings (SSSR count). The third-order valence-electron chi connectivity index (χ3n) is 2.39. The molecule has 4 nitrogen and oxygen atoms in total. The van der Waals surface area contributed by atoms with Gasteiger partial charge in [-0.3, -0.25) is 4.79 Å². The van der Waals surface area contributed by atoms with E-state index in [1.54, 1.807) is 4.57 Å². The molecule has 0 spiro atoms. The van der Waals surface area contributed by atoms with Crippen molar-refractivity contribution in [3.05, 3.63) is 21.2 Å². The van der Waals surface area contributed by atoms with Crippen molar-refractivity contribution in [2.75, 3.05) is 26.7 Å². The highest BCUT2D eigenvalue weighted by molar-refractivity contribution is 7.07. The van der Waals surface area contributed by atoms with Crippen LogP contribution in [0.25, 0.3) is 0 Å². The molecular weight excluding hydrogens is 200 g/mol. The molecule has 78 valence electrons. The van der Waals surface area contributed by atoms with Crippen LogP contribution in [0.4, 0.5) is 0 Å². The molecular formula is C9H14N2O2S. The zero-order chi connectivity index (χ0) is 9.97. The van der Waals surface area contributed by atoms with Crippen molar-refractivity contribution >= 4 is 11.3 Å². The Morgan fingerprint density at radius 2 is 2.57 bits per heavy atom. The number of hydrogen-bond acceptors (Lipinski definition) is 4. The van der Waals surface area contributed by atoms with Crippen molar-refractivity contribution in [1.29, 1.82) is 0 Å². The van der Waals surface area contributed by atoms with Gasteiger partial charge in [-0.25, -0.2) is 0 Å². The maximum Gasteiger partial charge on any atom is 0.307 e. The average Bonchev–Trinajstić information content (AvgIpc) is 2.52. The van der Waals surface area contributed by atoms with E-state index in [1.807, 2.05) is 11.6 Å². The summed E-state index contributed by atoms with van der Waals surface area (Å²) in [6.45, 7) is 3.32. The van der Waals surface area contributed by atoms with Crippen LogP contribution in [0.3, 0.4) is 0 Å². The van der Waals surface area contributed by atoms with Gasteiger partial charge in [-0.1, -0.05) is 11.3 Å². The second-order valence-electron chi connectivity index (χ2n) is 3.58. The fraction of sp³-hybridized carbons (Fsp3) is 0.667. The number of aromatic nitrogens is 1. The summed E-state index contributed by atoms with van der Waals surface area (Å²) in [6.07, 6.45) is 1.98. The van der Waals surface area contributed by atoms with Gasteiger partial charge in [0.05, 0.1) is 19.3 Å². The normalized spacial score (nSPS) is 23.9. The Balaban J connectivity index is 1.97. The van der Waals surface area contributed by atoms with Crippen molar-refractivity contribution in [1.82, 2.24) is 9.47 Å². The zero-order valence-corrected chi connectivity index (χ0v) is 9.00. The topological polar surface area (TPSA) is 34.5 Å². The molecule has 1 fully saturated rings. The second-order valence-corrected chi connectivity index (χ2v) is 4.43. The van der Waals surface area contributed by atoms with Crippen LogP contribution in [0.1, 0.15) is 0 Å². The number of nitrogens with zero attached hydrogens (tertiary/aromatic N) is 2. The van der Waals surface area contributed by atoms with Crippen LogP contribution < -0.4 is 4.87 Å². The smallest absolute Gasteiger partial charge is 0.307 e. The van der Waals surface area contributed by atoms with E-state index >= 15 is 0 Å². The van der Waals surface area contributed by atoms with Gasteiger partial charge in [0.1, 0.15) is 0 Å². The largest absolute Gasteiger partial charge is 0.374 e. The molecule has 2 heterocycles. The molecule has 0 aromatic carbocycles. The first kappa shape index (κ1) is 9.89. The van der Waals surface area contributed by atoms with E-state index in [9.17, 15) is 4.79 Å². The van der Waals surface area contributed by atoms with Crippen LogP contribution >= 0.6 is 11.3 Å². The molecule has 5 heteroatoms. The lowest BCUT2D eigenvalue weighted by Gasteiger charge is -2.29. The molecule has 0 aliphatic carbocycles. The molecule has 0 N–H and O–H groups in total. The molecule has 0 saturated carbocycles. The summed E-state index contributed by atoms with van der Waals surface area (Å²) >= 11 is 1.23. The molecule has 14 heavy (non-hydrogen) atoms. The van der Waals surface area contributed by atoms with Crippen LogP contribution in [0.15, 0.2) is 16.4 Å². The van der Waals surface area contributed by atoms with Gasteiger partial charge in [-0.15, -0.1) is 0 Å². The Bertz CT molecular complexity index is 347. The van der Waals surface area contributed by atoms with E-state index < -0.39 is 0 Å². The minimum atomic E-state index is 0.0989. The highest BCUT2D eigenvalue weighted by atomic mass is 32.1. The SMILES string of the molecule is CN1CCOC(Cn2ccsc2=O)C1. The maximum absolute atomic E-state index is 11.3. The highest BCUT2D eigenvalue weighted by Crippen LogP contribution is 2.05. The molecule has 1 aliphatic rings. The van der Waals surface area contributed by atoms with E-state index in [4.69, 9.17) is 4.74 Å². The van der Waals surface area contributed by atoms with E-state index in [-0.39, 0.29) is 11.0 Å². The summed E-state index contributed by atoms with van der Waals surface area (Å²) in [6, 6.07) is 0. The van der Waals surface area contributed by atoms with Gasteiger partial charge in [0.2, 0.25) is 0 Å². The van der Waals surface area contributed by atoms with Crippen LogP contribution in [-0.4, -0.2) is 42.3 Å². The van der Waals surface area contributed by atoms with Crippen LogP contribution in [0.2, 0.25) is 0 Å². The van der Waals surface area contributed by atoms with Gasteiger partial charge in [0, 0.05) is 24.7 Å². The van der Waals surface area contributed by atoms with Gasteiger partial charge in [0.15, 0.2) is 0 Å². The van der Waals surface area contributed by atoms with Crippen LogP contribution in [0, 0.1) is 0 Å². The maximum atomic E-state index is 11.3. The summed E-state index contributed by atoms with van der Waals surface area (Å²) in [7, 11) is 2.08. The summed E-state index contributed by atoms with van der Waals surface area (Å²) in [4.78, 5) is 13.6. The van der Waals surface area contributed by atoms with Crippen molar-refractivity contribution in [2.45, 2.75) is 12.6 Å². The van der Waals surface area contributed by atoms with Crippen molar-refractivity contribution in [2.24, 2.45) is 0 Å². The quantitative estimate of drug-likeness (QED) is 0.707. The molecule has 0 bridgehead atoms. The standard InChI is InChI=1S/C9H14N2O2S/c1-10-2-4-13-8(6-10)7-11-3-5-14-9(11)12/h3,5,8H,2,4,6-7H2,1H3. The van der Waals surface area contributed by atoms with Crippen LogP contribution in [0.5, 0.6) is 0 Å². The first-order chi connectivity index (χ1) is 6.75.